The normalized spacial score (nSPS) is 10.2. The van der Waals surface area contributed by atoms with Crippen molar-refractivity contribution in [3.63, 3.8) is 0 Å². The molecule has 98 valence electrons. The first-order chi connectivity index (χ1) is 8.95. The number of hydrogen-bond acceptors (Lipinski definition) is 3. The molecule has 3 N–H and O–H groups in total. The van der Waals surface area contributed by atoms with Crippen molar-refractivity contribution >= 4 is 17.3 Å². The second-order valence-electron chi connectivity index (χ2n) is 4.45. The predicted molar refractivity (Wildman–Crippen MR) is 75.2 cm³/mol. The Morgan fingerprint density at radius 3 is 2.63 bits per heavy atom. The maximum Gasteiger partial charge on any atom is 0.255 e. The first kappa shape index (κ1) is 12.9. The molecule has 19 heavy (non-hydrogen) atoms. The van der Waals surface area contributed by atoms with E-state index in [0.717, 1.165) is 5.56 Å². The van der Waals surface area contributed by atoms with Crippen LogP contribution in [-0.4, -0.2) is 10.5 Å². The van der Waals surface area contributed by atoms with Crippen LogP contribution in [0.4, 0.5) is 11.4 Å². The van der Waals surface area contributed by atoms with Gasteiger partial charge in [0.15, 0.2) is 0 Å². The molecule has 0 saturated heterocycles. The molecule has 0 aliphatic heterocycles. The van der Waals surface area contributed by atoms with Crippen molar-refractivity contribution in [3.8, 4) is 0 Å². The Balaban J connectivity index is 2.25. The Morgan fingerprint density at radius 1 is 1.26 bits per heavy atom. The third-order valence-electron chi connectivity index (χ3n) is 2.71. The number of aryl methyl sites for hydroxylation is 2. The Morgan fingerprint density at radius 2 is 2.00 bits per heavy atom. The molecule has 1 aromatic heterocycles. The average Bonchev–Trinajstić information content (AvgIpc) is 2.32. The van der Waals surface area contributed by atoms with E-state index in [1.54, 1.807) is 37.5 Å². The van der Waals surface area contributed by atoms with Gasteiger partial charge in [0.25, 0.3) is 5.91 Å². The van der Waals surface area contributed by atoms with Crippen molar-refractivity contribution < 1.29 is 4.79 Å². The summed E-state index contributed by atoms with van der Waals surface area (Å²) in [6.45, 7) is 1.87. The average molecular weight is 257 g/mol. The van der Waals surface area contributed by atoms with Gasteiger partial charge < -0.3 is 15.6 Å². The van der Waals surface area contributed by atoms with Gasteiger partial charge in [-0.25, -0.2) is 0 Å². The Hall–Kier alpha value is -2.56. The van der Waals surface area contributed by atoms with Gasteiger partial charge in [-0.3, -0.25) is 9.59 Å². The number of nitrogen functional groups attached to an aromatic ring is 1. The van der Waals surface area contributed by atoms with Crippen LogP contribution in [0.15, 0.2) is 41.3 Å². The lowest BCUT2D eigenvalue weighted by atomic mass is 10.1. The number of rotatable bonds is 2. The zero-order valence-corrected chi connectivity index (χ0v) is 10.8. The zero-order valence-electron chi connectivity index (χ0n) is 10.8. The van der Waals surface area contributed by atoms with E-state index in [1.165, 1.54) is 10.6 Å². The quantitative estimate of drug-likeness (QED) is 0.801. The first-order valence-electron chi connectivity index (χ1n) is 5.81. The van der Waals surface area contributed by atoms with E-state index >= 15 is 0 Å². The van der Waals surface area contributed by atoms with Crippen LogP contribution in [0.25, 0.3) is 0 Å². The SMILES string of the molecule is Cc1cc(N)cc(C(=O)Nc2ccc(=O)n(C)c2)c1. The molecule has 0 bridgehead atoms. The first-order valence-corrected chi connectivity index (χ1v) is 5.81. The molecule has 0 aliphatic rings. The van der Waals surface area contributed by atoms with Crippen molar-refractivity contribution in [3.05, 3.63) is 58.0 Å². The number of carbonyl (C=O) groups is 1. The minimum Gasteiger partial charge on any atom is -0.399 e. The number of nitrogens with one attached hydrogen (secondary N) is 1. The summed E-state index contributed by atoms with van der Waals surface area (Å²) < 4.78 is 1.40. The van der Waals surface area contributed by atoms with Crippen molar-refractivity contribution in [2.24, 2.45) is 7.05 Å². The fourth-order valence-electron chi connectivity index (χ4n) is 1.81. The van der Waals surface area contributed by atoms with Crippen LogP contribution in [0.1, 0.15) is 15.9 Å². The summed E-state index contributed by atoms with van der Waals surface area (Å²) in [5, 5.41) is 2.73. The van der Waals surface area contributed by atoms with E-state index in [2.05, 4.69) is 5.32 Å². The van der Waals surface area contributed by atoms with E-state index in [-0.39, 0.29) is 11.5 Å². The topological polar surface area (TPSA) is 77.1 Å². The minimum atomic E-state index is -0.256. The van der Waals surface area contributed by atoms with Gasteiger partial charge in [0.1, 0.15) is 0 Å². The Labute approximate surface area is 110 Å². The van der Waals surface area contributed by atoms with Gasteiger partial charge in [-0.05, 0) is 36.8 Å². The largest absolute Gasteiger partial charge is 0.399 e. The van der Waals surface area contributed by atoms with Crippen LogP contribution < -0.4 is 16.6 Å². The summed E-state index contributed by atoms with van der Waals surface area (Å²) >= 11 is 0. The highest BCUT2D eigenvalue weighted by molar-refractivity contribution is 6.04. The molecule has 0 atom stereocenters. The number of nitrogens with zero attached hydrogens (tertiary/aromatic N) is 1. The molecule has 5 nitrogen and oxygen atoms in total. The Bertz CT molecular complexity index is 669. The molecular weight excluding hydrogens is 242 g/mol. The van der Waals surface area contributed by atoms with Gasteiger partial charge >= 0.3 is 0 Å². The van der Waals surface area contributed by atoms with Crippen molar-refractivity contribution in [2.45, 2.75) is 6.92 Å². The number of amides is 1. The van der Waals surface area contributed by atoms with Crippen LogP contribution >= 0.6 is 0 Å². The summed E-state index contributed by atoms with van der Waals surface area (Å²) in [6, 6.07) is 8.14. The van der Waals surface area contributed by atoms with Crippen molar-refractivity contribution in [1.82, 2.24) is 4.57 Å². The molecule has 0 unspecified atom stereocenters. The molecule has 1 aromatic carbocycles. The van der Waals surface area contributed by atoms with E-state index in [1.807, 2.05) is 6.92 Å². The number of nitrogens with two attached hydrogens (primary N) is 1. The number of carbonyl (C=O) groups excluding carboxylic acids is 1. The zero-order chi connectivity index (χ0) is 14.0. The summed E-state index contributed by atoms with van der Waals surface area (Å²) in [5.41, 5.74) is 8.11. The monoisotopic (exact) mass is 257 g/mol. The van der Waals surface area contributed by atoms with Crippen LogP contribution in [-0.2, 0) is 7.05 Å². The summed E-state index contributed by atoms with van der Waals surface area (Å²) in [5.74, 6) is -0.256. The number of aromatic nitrogens is 1. The molecule has 5 heteroatoms. The maximum absolute atomic E-state index is 12.1. The number of benzene rings is 1. The lowest BCUT2D eigenvalue weighted by Crippen LogP contribution is -2.18. The molecule has 0 spiro atoms. The summed E-state index contributed by atoms with van der Waals surface area (Å²) in [6.07, 6.45) is 1.57. The second-order valence-corrected chi connectivity index (χ2v) is 4.45. The fraction of sp³-hybridized carbons (Fsp3) is 0.143. The lowest BCUT2D eigenvalue weighted by molar-refractivity contribution is 0.102. The van der Waals surface area contributed by atoms with Crippen LogP contribution in [0, 0.1) is 6.92 Å². The number of pyridine rings is 1. The highest BCUT2D eigenvalue weighted by Gasteiger charge is 2.07. The molecule has 0 fully saturated rings. The third kappa shape index (κ3) is 3.01. The molecule has 2 rings (SSSR count). The summed E-state index contributed by atoms with van der Waals surface area (Å²) in [4.78, 5) is 23.3. The molecule has 0 radical (unpaired) electrons. The van der Waals surface area contributed by atoms with Gasteiger partial charge in [0, 0.05) is 30.6 Å². The van der Waals surface area contributed by atoms with Gasteiger partial charge in [-0.15, -0.1) is 0 Å². The second kappa shape index (κ2) is 4.97. The number of hydrogen-bond donors (Lipinski definition) is 2. The van der Waals surface area contributed by atoms with E-state index in [0.29, 0.717) is 16.9 Å². The standard InChI is InChI=1S/C14H15N3O2/c1-9-5-10(7-11(15)6-9)14(19)16-12-3-4-13(18)17(2)8-12/h3-8H,15H2,1-2H3,(H,16,19). The maximum atomic E-state index is 12.1. The number of anilines is 2. The lowest BCUT2D eigenvalue weighted by Gasteiger charge is -2.08. The third-order valence-corrected chi connectivity index (χ3v) is 2.71. The molecule has 2 aromatic rings. The van der Waals surface area contributed by atoms with Gasteiger partial charge in [0.2, 0.25) is 5.56 Å². The molecule has 1 heterocycles. The van der Waals surface area contributed by atoms with Crippen LogP contribution in [0.3, 0.4) is 0 Å². The molecular formula is C14H15N3O2. The van der Waals surface area contributed by atoms with E-state index in [9.17, 15) is 9.59 Å². The van der Waals surface area contributed by atoms with Crippen molar-refractivity contribution in [2.75, 3.05) is 11.1 Å². The molecule has 0 saturated carbocycles. The fourth-order valence-corrected chi connectivity index (χ4v) is 1.81. The van der Waals surface area contributed by atoms with Crippen LogP contribution in [0.5, 0.6) is 0 Å². The van der Waals surface area contributed by atoms with E-state index < -0.39 is 0 Å². The van der Waals surface area contributed by atoms with Gasteiger partial charge in [-0.2, -0.15) is 0 Å². The smallest absolute Gasteiger partial charge is 0.255 e. The highest BCUT2D eigenvalue weighted by Crippen LogP contribution is 2.13. The van der Waals surface area contributed by atoms with Crippen molar-refractivity contribution in [1.29, 1.82) is 0 Å². The predicted octanol–water partition coefficient (Wildman–Crippen LogP) is 1.53. The van der Waals surface area contributed by atoms with Crippen LogP contribution in [0.2, 0.25) is 0 Å². The molecule has 1 amide bonds. The van der Waals surface area contributed by atoms with Gasteiger partial charge in [0.05, 0.1) is 5.69 Å². The minimum absolute atomic E-state index is 0.127. The molecule has 0 aliphatic carbocycles. The Kier molecular flexibility index (Phi) is 3.37. The van der Waals surface area contributed by atoms with Gasteiger partial charge in [-0.1, -0.05) is 0 Å². The highest BCUT2D eigenvalue weighted by atomic mass is 16.1. The summed E-state index contributed by atoms with van der Waals surface area (Å²) in [7, 11) is 1.63. The van der Waals surface area contributed by atoms with E-state index in [4.69, 9.17) is 5.73 Å².